The Morgan fingerprint density at radius 2 is 2.21 bits per heavy atom. The van der Waals surface area contributed by atoms with E-state index in [0.29, 0.717) is 6.54 Å². The Labute approximate surface area is 145 Å². The van der Waals surface area contributed by atoms with E-state index in [2.05, 4.69) is 27.4 Å². The molecule has 0 aromatic heterocycles. The van der Waals surface area contributed by atoms with Crippen molar-refractivity contribution < 1.29 is 4.39 Å². The van der Waals surface area contributed by atoms with Gasteiger partial charge in [-0.2, -0.15) is 0 Å². The number of hydrogen-bond acceptors (Lipinski definition) is 2. The third-order valence-electron chi connectivity index (χ3n) is 4.51. The molecule has 0 saturated carbocycles. The van der Waals surface area contributed by atoms with Crippen molar-refractivity contribution in [3.05, 3.63) is 35.6 Å². The van der Waals surface area contributed by atoms with Crippen LogP contribution in [-0.2, 0) is 6.54 Å². The van der Waals surface area contributed by atoms with Crippen LogP contribution in [0.2, 0.25) is 0 Å². The van der Waals surface area contributed by atoms with Crippen LogP contribution in [0.5, 0.6) is 0 Å². The van der Waals surface area contributed by atoms with Gasteiger partial charge in [-0.1, -0.05) is 19.1 Å². The summed E-state index contributed by atoms with van der Waals surface area (Å²) in [5, 5.41) is 6.55. The zero-order valence-electron chi connectivity index (χ0n) is 15.0. The lowest BCUT2D eigenvalue weighted by atomic mass is 10.0. The van der Waals surface area contributed by atoms with E-state index < -0.39 is 0 Å². The Balaban J connectivity index is 1.58. The van der Waals surface area contributed by atoms with Crippen molar-refractivity contribution in [2.45, 2.75) is 39.2 Å². The minimum absolute atomic E-state index is 0.204. The molecular weight excluding hydrogens is 303 g/mol. The summed E-state index contributed by atoms with van der Waals surface area (Å²) >= 11 is 0. The number of unbranched alkanes of at least 4 members (excludes halogenated alkanes) is 1. The molecule has 1 unspecified atom stereocenters. The first-order chi connectivity index (χ1) is 11.7. The lowest BCUT2D eigenvalue weighted by Gasteiger charge is -2.30. The van der Waals surface area contributed by atoms with Crippen molar-refractivity contribution in [1.82, 2.24) is 15.5 Å². The van der Waals surface area contributed by atoms with Crippen LogP contribution in [0.1, 0.15) is 38.2 Å². The number of rotatable bonds is 7. The number of halogens is 1. The monoisotopic (exact) mass is 334 g/mol. The first-order valence-electron chi connectivity index (χ1n) is 9.08. The SMILES string of the molecule is CN=C(NCCCCN1CCCC(C)C1)NCc1cccc(F)c1. The Morgan fingerprint density at radius 3 is 2.96 bits per heavy atom. The van der Waals surface area contributed by atoms with Crippen LogP contribution in [0.25, 0.3) is 0 Å². The van der Waals surface area contributed by atoms with Gasteiger partial charge in [0.1, 0.15) is 5.82 Å². The van der Waals surface area contributed by atoms with Crippen LogP contribution in [0.15, 0.2) is 29.3 Å². The summed E-state index contributed by atoms with van der Waals surface area (Å²) in [5.74, 6) is 1.41. The van der Waals surface area contributed by atoms with E-state index in [1.165, 1.54) is 45.0 Å². The van der Waals surface area contributed by atoms with Crippen LogP contribution in [0.4, 0.5) is 4.39 Å². The molecule has 0 bridgehead atoms. The average Bonchev–Trinajstić information content (AvgIpc) is 2.57. The average molecular weight is 334 g/mol. The molecular formula is C19H31FN4. The molecule has 1 saturated heterocycles. The van der Waals surface area contributed by atoms with Crippen LogP contribution in [-0.4, -0.2) is 44.1 Å². The highest BCUT2D eigenvalue weighted by Crippen LogP contribution is 2.15. The summed E-state index contributed by atoms with van der Waals surface area (Å²) in [7, 11) is 1.76. The van der Waals surface area contributed by atoms with Gasteiger partial charge in [-0.15, -0.1) is 0 Å². The predicted molar refractivity (Wildman–Crippen MR) is 98.7 cm³/mol. The van der Waals surface area contributed by atoms with Gasteiger partial charge in [0.25, 0.3) is 0 Å². The molecule has 1 aromatic carbocycles. The molecule has 1 aromatic rings. The highest BCUT2D eigenvalue weighted by Gasteiger charge is 2.15. The lowest BCUT2D eigenvalue weighted by molar-refractivity contribution is 0.181. The van der Waals surface area contributed by atoms with E-state index in [4.69, 9.17) is 0 Å². The fraction of sp³-hybridized carbons (Fsp3) is 0.632. The number of benzene rings is 1. The van der Waals surface area contributed by atoms with Crippen LogP contribution in [0.3, 0.4) is 0 Å². The molecule has 0 amide bonds. The zero-order valence-corrected chi connectivity index (χ0v) is 15.0. The van der Waals surface area contributed by atoms with Crippen molar-refractivity contribution in [2.24, 2.45) is 10.9 Å². The van der Waals surface area contributed by atoms with Crippen molar-refractivity contribution in [2.75, 3.05) is 33.2 Å². The molecule has 0 aliphatic carbocycles. The summed E-state index contributed by atoms with van der Waals surface area (Å²) < 4.78 is 13.2. The van der Waals surface area contributed by atoms with E-state index in [9.17, 15) is 4.39 Å². The number of nitrogens with zero attached hydrogens (tertiary/aromatic N) is 2. The minimum Gasteiger partial charge on any atom is -0.356 e. The van der Waals surface area contributed by atoms with Crippen molar-refractivity contribution in [1.29, 1.82) is 0 Å². The predicted octanol–water partition coefficient (Wildman–Crippen LogP) is 3.00. The molecule has 5 heteroatoms. The molecule has 1 atom stereocenters. The molecule has 1 aliphatic rings. The van der Waals surface area contributed by atoms with Crippen molar-refractivity contribution in [3.63, 3.8) is 0 Å². The molecule has 0 spiro atoms. The topological polar surface area (TPSA) is 39.7 Å². The largest absolute Gasteiger partial charge is 0.356 e. The molecule has 1 heterocycles. The summed E-state index contributed by atoms with van der Waals surface area (Å²) in [6.07, 6.45) is 5.06. The number of likely N-dealkylation sites (tertiary alicyclic amines) is 1. The van der Waals surface area contributed by atoms with Gasteiger partial charge in [0.15, 0.2) is 5.96 Å². The van der Waals surface area contributed by atoms with Gasteiger partial charge in [-0.25, -0.2) is 4.39 Å². The first kappa shape index (κ1) is 18.7. The van der Waals surface area contributed by atoms with Crippen LogP contribution in [0, 0.1) is 11.7 Å². The first-order valence-corrected chi connectivity index (χ1v) is 9.08. The smallest absolute Gasteiger partial charge is 0.191 e. The van der Waals surface area contributed by atoms with Crippen molar-refractivity contribution in [3.8, 4) is 0 Å². The number of aliphatic imine (C=N–C) groups is 1. The van der Waals surface area contributed by atoms with E-state index in [1.807, 2.05) is 6.07 Å². The Hall–Kier alpha value is -1.62. The molecule has 2 rings (SSSR count). The number of hydrogen-bond donors (Lipinski definition) is 2. The molecule has 1 aliphatic heterocycles. The normalized spacial score (nSPS) is 19.3. The van der Waals surface area contributed by atoms with E-state index in [-0.39, 0.29) is 5.82 Å². The molecule has 24 heavy (non-hydrogen) atoms. The van der Waals surface area contributed by atoms with E-state index in [1.54, 1.807) is 19.2 Å². The van der Waals surface area contributed by atoms with Gasteiger partial charge in [0.2, 0.25) is 0 Å². The van der Waals surface area contributed by atoms with E-state index >= 15 is 0 Å². The second kappa shape index (κ2) is 10.3. The van der Waals surface area contributed by atoms with E-state index in [0.717, 1.165) is 30.4 Å². The molecule has 1 fully saturated rings. The maximum Gasteiger partial charge on any atom is 0.191 e. The summed E-state index contributed by atoms with van der Waals surface area (Å²) in [6, 6.07) is 6.63. The molecule has 4 nitrogen and oxygen atoms in total. The van der Waals surface area contributed by atoms with Gasteiger partial charge in [-0.05, 0) is 62.4 Å². The van der Waals surface area contributed by atoms with Crippen LogP contribution < -0.4 is 10.6 Å². The number of piperidine rings is 1. The highest BCUT2D eigenvalue weighted by molar-refractivity contribution is 5.79. The lowest BCUT2D eigenvalue weighted by Crippen LogP contribution is -2.38. The van der Waals surface area contributed by atoms with Gasteiger partial charge < -0.3 is 15.5 Å². The second-order valence-corrected chi connectivity index (χ2v) is 6.74. The molecule has 0 radical (unpaired) electrons. The standard InChI is InChI=1S/C19H31FN4/c1-16-7-6-12-24(15-16)11-4-3-10-22-19(21-2)23-14-17-8-5-9-18(20)13-17/h5,8-9,13,16H,3-4,6-7,10-12,14-15H2,1-2H3,(H2,21,22,23). The summed E-state index contributed by atoms with van der Waals surface area (Å²) in [6.45, 7) is 7.54. The van der Waals surface area contributed by atoms with Gasteiger partial charge >= 0.3 is 0 Å². The highest BCUT2D eigenvalue weighted by atomic mass is 19.1. The summed E-state index contributed by atoms with van der Waals surface area (Å²) in [5.41, 5.74) is 0.914. The fourth-order valence-corrected chi connectivity index (χ4v) is 3.21. The Morgan fingerprint density at radius 1 is 1.33 bits per heavy atom. The number of nitrogens with one attached hydrogen (secondary N) is 2. The fourth-order valence-electron chi connectivity index (χ4n) is 3.21. The second-order valence-electron chi connectivity index (χ2n) is 6.74. The maximum absolute atomic E-state index is 13.2. The number of guanidine groups is 1. The van der Waals surface area contributed by atoms with Gasteiger partial charge in [-0.3, -0.25) is 4.99 Å². The third kappa shape index (κ3) is 6.87. The quantitative estimate of drug-likeness (QED) is 0.457. The minimum atomic E-state index is -0.204. The third-order valence-corrected chi connectivity index (χ3v) is 4.51. The zero-order chi connectivity index (χ0) is 17.2. The molecule has 2 N–H and O–H groups in total. The maximum atomic E-state index is 13.2. The van der Waals surface area contributed by atoms with Crippen LogP contribution >= 0.6 is 0 Å². The van der Waals surface area contributed by atoms with Crippen molar-refractivity contribution >= 4 is 5.96 Å². The Kier molecular flexibility index (Phi) is 8.02. The Bertz CT molecular complexity index is 518. The molecule has 134 valence electrons. The van der Waals surface area contributed by atoms with Gasteiger partial charge in [0.05, 0.1) is 0 Å². The summed E-state index contributed by atoms with van der Waals surface area (Å²) in [4.78, 5) is 6.80. The van der Waals surface area contributed by atoms with Gasteiger partial charge in [0, 0.05) is 26.7 Å².